The van der Waals surface area contributed by atoms with Crippen molar-refractivity contribution in [1.82, 2.24) is 34.4 Å². The number of anilines is 1. The molecule has 0 aliphatic carbocycles. The molecule has 9 atom stereocenters. The number of nitrogens with two attached hydrogens (primary N) is 2. The largest absolute Gasteiger partial charge is 0.472 e. The van der Waals surface area contributed by atoms with E-state index in [9.17, 15) is 33.6 Å². The second-order valence-corrected chi connectivity index (χ2v) is 13.9. The van der Waals surface area contributed by atoms with E-state index in [1.54, 1.807) is 0 Å². The van der Waals surface area contributed by atoms with Gasteiger partial charge in [0.25, 0.3) is 5.56 Å². The van der Waals surface area contributed by atoms with Crippen LogP contribution in [0.2, 0.25) is 0 Å². The van der Waals surface area contributed by atoms with Gasteiger partial charge in [0.1, 0.15) is 42.1 Å². The van der Waals surface area contributed by atoms with Crippen molar-refractivity contribution in [2.45, 2.75) is 62.4 Å². The Morgan fingerprint density at radius 2 is 1.83 bits per heavy atom. The zero-order valence-corrected chi connectivity index (χ0v) is 25.4. The third-order valence-corrected chi connectivity index (χ3v) is 10.0. The Morgan fingerprint density at radius 3 is 2.61 bits per heavy atom. The Morgan fingerprint density at radius 1 is 1.07 bits per heavy atom. The van der Waals surface area contributed by atoms with E-state index in [2.05, 4.69) is 30.2 Å². The first kappa shape index (κ1) is 31.1. The monoisotopic (exact) mass is 690 g/mol. The maximum atomic E-state index is 13.3. The predicted octanol–water partition coefficient (Wildman–Crippen LogP) is -1.58. The zero-order chi connectivity index (χ0) is 32.8. The normalized spacial score (nSPS) is 38.2. The molecular formula is C21H28N10O13P2. The van der Waals surface area contributed by atoms with Gasteiger partial charge in [0.15, 0.2) is 29.2 Å². The van der Waals surface area contributed by atoms with E-state index >= 15 is 0 Å². The van der Waals surface area contributed by atoms with E-state index in [0.29, 0.717) is 0 Å². The minimum atomic E-state index is -4.92. The molecule has 0 radical (unpaired) electrons. The third-order valence-electron chi connectivity index (χ3n) is 7.91. The molecule has 0 saturated carbocycles. The number of aliphatic imine (C=N–C) groups is 1. The minimum Gasteiger partial charge on any atom is -0.370 e. The highest BCUT2D eigenvalue weighted by Gasteiger charge is 2.54. The van der Waals surface area contributed by atoms with E-state index < -0.39 is 82.7 Å². The van der Waals surface area contributed by atoms with Gasteiger partial charge in [-0.05, 0) is 6.92 Å². The molecule has 7 rings (SSSR count). The van der Waals surface area contributed by atoms with Gasteiger partial charge in [-0.25, -0.2) is 23.5 Å². The number of phosphoric acid groups is 2. The zero-order valence-electron chi connectivity index (χ0n) is 23.6. The van der Waals surface area contributed by atoms with E-state index in [1.807, 2.05) is 0 Å². The van der Waals surface area contributed by atoms with Gasteiger partial charge in [-0.3, -0.25) is 32.4 Å². The molecule has 3 fully saturated rings. The number of nitrogens with one attached hydrogen (secondary N) is 3. The summed E-state index contributed by atoms with van der Waals surface area (Å²) in [6, 6.07) is 0. The third kappa shape index (κ3) is 5.48. The highest BCUT2D eigenvalue weighted by atomic mass is 31.2. The van der Waals surface area contributed by atoms with Gasteiger partial charge in [-0.15, -0.1) is 0 Å². The van der Waals surface area contributed by atoms with Crippen LogP contribution in [0.25, 0.3) is 11.2 Å². The van der Waals surface area contributed by atoms with Crippen LogP contribution in [0.4, 0.5) is 11.8 Å². The lowest BCUT2D eigenvalue weighted by molar-refractivity contribution is -0.0875. The molecular weight excluding hydrogens is 662 g/mol. The van der Waals surface area contributed by atoms with Crippen molar-refractivity contribution in [3.8, 4) is 0 Å². The summed E-state index contributed by atoms with van der Waals surface area (Å²) in [6.07, 6.45) is -6.66. The number of aliphatic hydroxyl groups excluding tert-OH is 1. The van der Waals surface area contributed by atoms with Crippen molar-refractivity contribution in [3.05, 3.63) is 32.9 Å². The molecule has 3 aromatic rings. The maximum absolute atomic E-state index is 13.3. The number of guanidine groups is 1. The van der Waals surface area contributed by atoms with Crippen LogP contribution in [0.1, 0.15) is 44.1 Å². The van der Waals surface area contributed by atoms with Crippen molar-refractivity contribution in [2.24, 2.45) is 10.7 Å². The number of hydrogen-bond donors (Lipinski definition) is 8. The Kier molecular flexibility index (Phi) is 7.30. The van der Waals surface area contributed by atoms with Gasteiger partial charge in [-0.2, -0.15) is 9.98 Å². The molecule has 0 amide bonds. The Bertz CT molecular complexity index is 1960. The number of rotatable bonds is 2. The number of phosphoric ester groups is 2. The number of aromatic nitrogens is 6. The van der Waals surface area contributed by atoms with Gasteiger partial charge in [-0.1, -0.05) is 0 Å². The van der Waals surface area contributed by atoms with E-state index in [4.69, 9.17) is 39.0 Å². The molecule has 7 heterocycles. The fourth-order valence-corrected chi connectivity index (χ4v) is 7.87. The molecule has 5 unspecified atom stereocenters. The second-order valence-electron chi connectivity index (χ2n) is 11.1. The average molecular weight is 690 g/mol. The van der Waals surface area contributed by atoms with Crippen molar-refractivity contribution in [1.29, 1.82) is 0 Å². The van der Waals surface area contributed by atoms with Crippen LogP contribution in [0.3, 0.4) is 0 Å². The lowest BCUT2D eigenvalue weighted by Crippen LogP contribution is -2.41. The number of H-pyrrole nitrogens is 2. The number of fused-ring (bicyclic) bond motifs is 4. The van der Waals surface area contributed by atoms with Crippen LogP contribution in [0, 0.1) is 0 Å². The molecule has 3 aromatic heterocycles. The molecule has 4 aliphatic rings. The van der Waals surface area contributed by atoms with Crippen LogP contribution in [-0.4, -0.2) is 87.0 Å². The topological polar surface area (TPSA) is 328 Å². The minimum absolute atomic E-state index is 0.0110. The standard InChI is InChI=1S/C21H28N10O13P2/c1-21-3-11(30-6-24-12-14(30)26-18(22)28-16(12)32)42-9(21)5-40-45(35,36)43-7-2-10(41-8(7)4-39-46(37,38)44-21)31-15-13(25-20(31)34)17(33)29-19(23)27-15/h6-11,17,33H,2-5H2,1H3,(H,25,34)(H,35,36)(H,37,38)(H3,23,27,29)(H3,22,26,28,32)/t7-,8+,9+,10?,11?,17?,21-/m0/s1. The van der Waals surface area contributed by atoms with Crippen LogP contribution < -0.4 is 28.0 Å². The maximum Gasteiger partial charge on any atom is 0.472 e. The number of hydrogen-bond acceptors (Lipinski definition) is 17. The molecule has 3 saturated heterocycles. The lowest BCUT2D eigenvalue weighted by Gasteiger charge is -2.32. The van der Waals surface area contributed by atoms with Crippen LogP contribution in [0.15, 0.2) is 20.9 Å². The molecule has 25 heteroatoms. The lowest BCUT2D eigenvalue weighted by atomic mass is 9.98. The van der Waals surface area contributed by atoms with Gasteiger partial charge in [0, 0.05) is 12.8 Å². The molecule has 46 heavy (non-hydrogen) atoms. The summed E-state index contributed by atoms with van der Waals surface area (Å²) in [4.78, 5) is 63.4. The second kappa shape index (κ2) is 10.8. The first-order valence-corrected chi connectivity index (χ1v) is 16.6. The van der Waals surface area contributed by atoms with E-state index in [-0.39, 0.29) is 47.4 Å². The smallest absolute Gasteiger partial charge is 0.370 e. The highest BCUT2D eigenvalue weighted by Crippen LogP contribution is 2.56. The van der Waals surface area contributed by atoms with Crippen molar-refractivity contribution in [3.63, 3.8) is 0 Å². The van der Waals surface area contributed by atoms with Gasteiger partial charge in [0.05, 0.1) is 19.5 Å². The first-order chi connectivity index (χ1) is 21.6. The van der Waals surface area contributed by atoms with Gasteiger partial charge >= 0.3 is 21.3 Å². The molecule has 250 valence electrons. The number of nitrogen functional groups attached to an aromatic ring is 1. The summed E-state index contributed by atoms with van der Waals surface area (Å²) in [7, 11) is -9.82. The SMILES string of the molecule is C[C@]12CC(n3cnc4c(=O)[nH]c(N)nc43)O[C@@H]1COP(=O)(O)O[C@H]1CC(n3c4c([nH]c3=O)C(O)NC(N)=N4)O[C@@H]1COP(=O)(O)O2. The van der Waals surface area contributed by atoms with Gasteiger partial charge < -0.3 is 46.1 Å². The summed E-state index contributed by atoms with van der Waals surface area (Å²) in [5.74, 6) is -0.455. The summed E-state index contributed by atoms with van der Waals surface area (Å²) in [6.45, 7) is 0.0295. The fourth-order valence-electron chi connectivity index (χ4n) is 5.82. The number of aromatic amines is 2. The molecule has 0 spiro atoms. The summed E-state index contributed by atoms with van der Waals surface area (Å²) < 4.78 is 62.2. The van der Waals surface area contributed by atoms with E-state index in [1.165, 1.54) is 17.8 Å². The Labute approximate surface area is 255 Å². The summed E-state index contributed by atoms with van der Waals surface area (Å²) in [5, 5.41) is 12.7. The van der Waals surface area contributed by atoms with E-state index in [0.717, 1.165) is 4.57 Å². The number of aliphatic hydroxyl groups is 1. The van der Waals surface area contributed by atoms with Crippen LogP contribution in [-0.2, 0) is 36.7 Å². The number of ether oxygens (including phenoxy) is 2. The molecule has 4 aliphatic heterocycles. The van der Waals surface area contributed by atoms with Gasteiger partial charge in [0.2, 0.25) is 5.95 Å². The molecule has 0 bridgehead atoms. The summed E-state index contributed by atoms with van der Waals surface area (Å²) in [5.41, 5.74) is 8.33. The Hall–Kier alpha value is -3.47. The quantitative estimate of drug-likeness (QED) is 0.141. The van der Waals surface area contributed by atoms with Crippen LogP contribution >= 0.6 is 15.6 Å². The van der Waals surface area contributed by atoms with Crippen molar-refractivity contribution in [2.75, 3.05) is 18.9 Å². The van der Waals surface area contributed by atoms with Crippen molar-refractivity contribution >= 4 is 44.5 Å². The fraction of sp³-hybridized carbons (Fsp3) is 0.571. The van der Waals surface area contributed by atoms with Crippen molar-refractivity contribution < 1.29 is 51.6 Å². The highest BCUT2D eigenvalue weighted by molar-refractivity contribution is 7.47. The summed E-state index contributed by atoms with van der Waals surface area (Å²) >= 11 is 0. The predicted molar refractivity (Wildman–Crippen MR) is 150 cm³/mol. The molecule has 0 aromatic carbocycles. The first-order valence-electron chi connectivity index (χ1n) is 13.6. The number of nitrogens with zero attached hydrogens (tertiary/aromatic N) is 5. The molecule has 23 nitrogen and oxygen atoms in total. The molecule has 10 N–H and O–H groups in total. The van der Waals surface area contributed by atoms with Crippen LogP contribution in [0.5, 0.6) is 0 Å². The Balaban J connectivity index is 1.16. The average Bonchev–Trinajstić information content (AvgIpc) is 3.69. The number of imidazole rings is 2.